The summed E-state index contributed by atoms with van der Waals surface area (Å²) in [6.45, 7) is -0.0576. The van der Waals surface area contributed by atoms with Gasteiger partial charge in [0, 0.05) is 0 Å². The molecule has 128 valence electrons. The van der Waals surface area contributed by atoms with Gasteiger partial charge in [0.25, 0.3) is 5.91 Å². The minimum atomic E-state index is -0.239. The molecule has 2 aromatic heterocycles. The molecule has 0 unspecified atom stereocenters. The first-order valence-corrected chi connectivity index (χ1v) is 8.16. The number of aromatic nitrogens is 3. The first-order chi connectivity index (χ1) is 12.8. The topological polar surface area (TPSA) is 69.0 Å². The molecule has 0 fully saturated rings. The smallest absolute Gasteiger partial charge is 0.262 e. The van der Waals surface area contributed by atoms with Crippen molar-refractivity contribution in [3.63, 3.8) is 0 Å². The minimum absolute atomic E-state index is 0.0576. The molecule has 0 bridgehead atoms. The van der Waals surface area contributed by atoms with Crippen molar-refractivity contribution < 1.29 is 9.53 Å². The molecule has 0 radical (unpaired) electrons. The normalized spacial score (nSPS) is 10.6. The van der Waals surface area contributed by atoms with Crippen molar-refractivity contribution in [2.75, 3.05) is 11.9 Å². The molecule has 4 aromatic rings. The van der Waals surface area contributed by atoms with Gasteiger partial charge in [0.2, 0.25) is 0 Å². The summed E-state index contributed by atoms with van der Waals surface area (Å²) in [5, 5.41) is 2.77. The third-order valence-electron chi connectivity index (χ3n) is 3.85. The highest BCUT2D eigenvalue weighted by atomic mass is 16.5. The number of imidazole rings is 1. The standard InChI is InChI=1S/C20H16N4O2/c25-20(13-26-16-6-2-1-3-7-16)23-15-10-11-19(21-12-15)24-14-22-17-8-4-5-9-18(17)24/h1-12,14H,13H2,(H,23,25). The number of hydrogen-bond donors (Lipinski definition) is 1. The predicted octanol–water partition coefficient (Wildman–Crippen LogP) is 3.44. The summed E-state index contributed by atoms with van der Waals surface area (Å²) in [7, 11) is 0. The van der Waals surface area contributed by atoms with E-state index in [9.17, 15) is 4.79 Å². The van der Waals surface area contributed by atoms with Crippen LogP contribution in [0.5, 0.6) is 5.75 Å². The van der Waals surface area contributed by atoms with Crippen molar-refractivity contribution in [1.82, 2.24) is 14.5 Å². The molecule has 2 aromatic carbocycles. The average Bonchev–Trinajstić information content (AvgIpc) is 3.12. The Labute approximate surface area is 150 Å². The van der Waals surface area contributed by atoms with Gasteiger partial charge in [-0.1, -0.05) is 30.3 Å². The van der Waals surface area contributed by atoms with E-state index in [-0.39, 0.29) is 12.5 Å². The summed E-state index contributed by atoms with van der Waals surface area (Å²) in [5.41, 5.74) is 2.50. The molecule has 4 rings (SSSR count). The first kappa shape index (κ1) is 15.8. The Balaban J connectivity index is 1.42. The molecule has 6 heteroatoms. The summed E-state index contributed by atoms with van der Waals surface area (Å²) in [4.78, 5) is 20.8. The Morgan fingerprint density at radius 2 is 1.77 bits per heavy atom. The van der Waals surface area contributed by atoms with Crippen LogP contribution in [0.25, 0.3) is 16.9 Å². The number of benzene rings is 2. The van der Waals surface area contributed by atoms with Gasteiger partial charge in [-0.05, 0) is 36.4 Å². The van der Waals surface area contributed by atoms with Crippen LogP contribution < -0.4 is 10.1 Å². The highest BCUT2D eigenvalue weighted by Crippen LogP contribution is 2.17. The predicted molar refractivity (Wildman–Crippen MR) is 99.4 cm³/mol. The summed E-state index contributed by atoms with van der Waals surface area (Å²) in [6, 6.07) is 20.7. The summed E-state index contributed by atoms with van der Waals surface area (Å²) < 4.78 is 7.33. The third-order valence-corrected chi connectivity index (χ3v) is 3.85. The molecule has 26 heavy (non-hydrogen) atoms. The number of ether oxygens (including phenoxy) is 1. The molecule has 0 aliphatic heterocycles. The van der Waals surface area contributed by atoms with Crippen LogP contribution in [0.4, 0.5) is 5.69 Å². The zero-order valence-electron chi connectivity index (χ0n) is 13.9. The van der Waals surface area contributed by atoms with Crippen LogP contribution in [0.1, 0.15) is 0 Å². The van der Waals surface area contributed by atoms with Crippen molar-refractivity contribution >= 4 is 22.6 Å². The van der Waals surface area contributed by atoms with Crippen LogP contribution in [0.2, 0.25) is 0 Å². The van der Waals surface area contributed by atoms with Crippen molar-refractivity contribution in [3.05, 3.63) is 79.3 Å². The van der Waals surface area contributed by atoms with Gasteiger partial charge >= 0.3 is 0 Å². The maximum absolute atomic E-state index is 12.0. The van der Waals surface area contributed by atoms with Gasteiger partial charge in [-0.25, -0.2) is 9.97 Å². The van der Waals surface area contributed by atoms with Crippen molar-refractivity contribution in [2.45, 2.75) is 0 Å². The van der Waals surface area contributed by atoms with Crippen LogP contribution in [-0.4, -0.2) is 27.0 Å². The fraction of sp³-hybridized carbons (Fsp3) is 0.0500. The van der Waals surface area contributed by atoms with Crippen LogP contribution in [-0.2, 0) is 4.79 Å². The molecule has 0 aliphatic rings. The molecule has 1 amide bonds. The molecule has 6 nitrogen and oxygen atoms in total. The minimum Gasteiger partial charge on any atom is -0.484 e. The molecule has 0 spiro atoms. The van der Waals surface area contributed by atoms with E-state index in [1.165, 1.54) is 0 Å². The van der Waals surface area contributed by atoms with Gasteiger partial charge in [0.15, 0.2) is 6.61 Å². The number of nitrogens with zero attached hydrogens (tertiary/aromatic N) is 3. The van der Waals surface area contributed by atoms with E-state index < -0.39 is 0 Å². The van der Waals surface area contributed by atoms with Gasteiger partial charge in [0.05, 0.1) is 22.9 Å². The van der Waals surface area contributed by atoms with Crippen molar-refractivity contribution in [1.29, 1.82) is 0 Å². The molecular weight excluding hydrogens is 328 g/mol. The Morgan fingerprint density at radius 1 is 0.962 bits per heavy atom. The number of amides is 1. The molecule has 0 atom stereocenters. The van der Waals surface area contributed by atoms with Crippen molar-refractivity contribution in [2.24, 2.45) is 0 Å². The van der Waals surface area contributed by atoms with Crippen LogP contribution in [0.3, 0.4) is 0 Å². The Hall–Kier alpha value is -3.67. The lowest BCUT2D eigenvalue weighted by atomic mass is 10.3. The fourth-order valence-corrected chi connectivity index (χ4v) is 2.61. The van der Waals surface area contributed by atoms with E-state index in [0.29, 0.717) is 11.4 Å². The Bertz CT molecular complexity index is 1030. The zero-order chi connectivity index (χ0) is 17.8. The molecule has 0 saturated carbocycles. The molecular formula is C20H16N4O2. The largest absolute Gasteiger partial charge is 0.484 e. The fourth-order valence-electron chi connectivity index (χ4n) is 2.61. The van der Waals surface area contributed by atoms with Crippen molar-refractivity contribution in [3.8, 4) is 11.6 Å². The van der Waals surface area contributed by atoms with Crippen LogP contribution in [0, 0.1) is 0 Å². The summed E-state index contributed by atoms with van der Waals surface area (Å²) >= 11 is 0. The third kappa shape index (κ3) is 3.39. The zero-order valence-corrected chi connectivity index (χ0v) is 13.9. The average molecular weight is 344 g/mol. The van der Waals surface area contributed by atoms with Gasteiger partial charge in [-0.2, -0.15) is 0 Å². The number of rotatable bonds is 5. The molecule has 0 aliphatic carbocycles. The highest BCUT2D eigenvalue weighted by molar-refractivity contribution is 5.91. The number of anilines is 1. The second kappa shape index (κ2) is 7.06. The SMILES string of the molecule is O=C(COc1ccccc1)Nc1ccc(-n2cnc3ccccc32)nc1. The summed E-state index contributed by atoms with van der Waals surface area (Å²) in [6.07, 6.45) is 3.35. The Kier molecular flexibility index (Phi) is 4.30. The second-order valence-corrected chi connectivity index (χ2v) is 5.66. The first-order valence-electron chi connectivity index (χ1n) is 8.16. The van der Waals surface area contributed by atoms with Crippen LogP contribution in [0.15, 0.2) is 79.3 Å². The maximum atomic E-state index is 12.0. The van der Waals surface area contributed by atoms with Gasteiger partial charge in [-0.3, -0.25) is 9.36 Å². The molecule has 2 heterocycles. The van der Waals surface area contributed by atoms with E-state index in [2.05, 4.69) is 15.3 Å². The van der Waals surface area contributed by atoms with E-state index in [0.717, 1.165) is 16.9 Å². The number of carbonyl (C=O) groups is 1. The monoisotopic (exact) mass is 344 g/mol. The van der Waals surface area contributed by atoms with E-state index >= 15 is 0 Å². The quantitative estimate of drug-likeness (QED) is 0.602. The number of hydrogen-bond acceptors (Lipinski definition) is 4. The number of nitrogens with one attached hydrogen (secondary N) is 1. The number of fused-ring (bicyclic) bond motifs is 1. The van der Waals surface area contributed by atoms with Gasteiger partial charge < -0.3 is 10.1 Å². The van der Waals surface area contributed by atoms with E-state index in [1.54, 1.807) is 30.7 Å². The lowest BCUT2D eigenvalue weighted by Crippen LogP contribution is -2.20. The lowest BCUT2D eigenvalue weighted by molar-refractivity contribution is -0.118. The highest BCUT2D eigenvalue weighted by Gasteiger charge is 2.07. The second-order valence-electron chi connectivity index (χ2n) is 5.66. The van der Waals surface area contributed by atoms with Crippen LogP contribution >= 0.6 is 0 Å². The van der Waals surface area contributed by atoms with E-state index in [4.69, 9.17) is 4.74 Å². The lowest BCUT2D eigenvalue weighted by Gasteiger charge is -2.08. The van der Waals surface area contributed by atoms with Gasteiger partial charge in [-0.15, -0.1) is 0 Å². The van der Waals surface area contributed by atoms with E-state index in [1.807, 2.05) is 53.1 Å². The number of pyridine rings is 1. The molecule has 1 N–H and O–H groups in total. The van der Waals surface area contributed by atoms with Gasteiger partial charge in [0.1, 0.15) is 17.9 Å². The molecule has 0 saturated heterocycles. The maximum Gasteiger partial charge on any atom is 0.262 e. The Morgan fingerprint density at radius 3 is 2.58 bits per heavy atom. The number of carbonyl (C=O) groups excluding carboxylic acids is 1. The summed E-state index contributed by atoms with van der Waals surface area (Å²) in [5.74, 6) is 1.15. The number of para-hydroxylation sites is 3.